The van der Waals surface area contributed by atoms with Crippen LogP contribution >= 0.6 is 0 Å². The second kappa shape index (κ2) is 6.48. The molecule has 108 valence electrons. The van der Waals surface area contributed by atoms with Crippen LogP contribution in [0.25, 0.3) is 0 Å². The van der Waals surface area contributed by atoms with E-state index in [1.54, 1.807) is 26.7 Å². The smallest absolute Gasteiger partial charge is 0.123 e. The molecule has 0 aliphatic carbocycles. The lowest BCUT2D eigenvalue weighted by Crippen LogP contribution is -2.22. The van der Waals surface area contributed by atoms with E-state index < -0.39 is 0 Å². The summed E-state index contributed by atoms with van der Waals surface area (Å²) in [4.78, 5) is 0. The Kier molecular flexibility index (Phi) is 4.69. The van der Waals surface area contributed by atoms with Crippen LogP contribution in [0.4, 0.5) is 0 Å². The lowest BCUT2D eigenvalue weighted by Gasteiger charge is -2.22. The predicted octanol–water partition coefficient (Wildman–Crippen LogP) is 3.71. The van der Waals surface area contributed by atoms with Gasteiger partial charge in [-0.2, -0.15) is 0 Å². The van der Waals surface area contributed by atoms with Crippen LogP contribution in [0.2, 0.25) is 0 Å². The van der Waals surface area contributed by atoms with Crippen molar-refractivity contribution in [3.8, 4) is 11.5 Å². The largest absolute Gasteiger partial charge is 0.497 e. The number of furan rings is 1. The van der Waals surface area contributed by atoms with Crippen LogP contribution in [0.5, 0.6) is 11.5 Å². The molecule has 0 aliphatic heterocycles. The number of rotatable bonds is 6. The van der Waals surface area contributed by atoms with Gasteiger partial charge in [-0.15, -0.1) is 0 Å². The van der Waals surface area contributed by atoms with E-state index in [0.29, 0.717) is 0 Å². The molecule has 0 saturated carbocycles. The SMILES string of the molecule is COc1ccc(OC)c(C(C)NC(C)c2ccoc2)c1. The van der Waals surface area contributed by atoms with Crippen LogP contribution in [0.1, 0.15) is 37.1 Å². The quantitative estimate of drug-likeness (QED) is 0.872. The minimum atomic E-state index is 0.130. The van der Waals surface area contributed by atoms with E-state index in [9.17, 15) is 0 Å². The summed E-state index contributed by atoms with van der Waals surface area (Å²) in [5, 5.41) is 3.53. The van der Waals surface area contributed by atoms with Crippen molar-refractivity contribution in [1.29, 1.82) is 0 Å². The summed E-state index contributed by atoms with van der Waals surface area (Å²) in [6.07, 6.45) is 3.44. The van der Waals surface area contributed by atoms with Gasteiger partial charge in [0.05, 0.1) is 26.7 Å². The first kappa shape index (κ1) is 14.5. The Hall–Kier alpha value is -1.94. The number of hydrogen-bond donors (Lipinski definition) is 1. The van der Waals surface area contributed by atoms with E-state index in [1.807, 2.05) is 24.3 Å². The van der Waals surface area contributed by atoms with Gasteiger partial charge in [0.25, 0.3) is 0 Å². The molecule has 0 aliphatic rings. The highest BCUT2D eigenvalue weighted by Gasteiger charge is 2.16. The topological polar surface area (TPSA) is 43.6 Å². The van der Waals surface area contributed by atoms with Crippen molar-refractivity contribution in [3.63, 3.8) is 0 Å². The Morgan fingerprint density at radius 3 is 2.45 bits per heavy atom. The van der Waals surface area contributed by atoms with E-state index in [2.05, 4.69) is 19.2 Å². The third-order valence-electron chi connectivity index (χ3n) is 3.45. The van der Waals surface area contributed by atoms with E-state index in [0.717, 1.165) is 22.6 Å². The Morgan fingerprint density at radius 1 is 1.05 bits per heavy atom. The van der Waals surface area contributed by atoms with Crippen molar-refractivity contribution in [1.82, 2.24) is 5.32 Å². The first-order valence-electron chi connectivity index (χ1n) is 6.65. The molecule has 4 heteroatoms. The van der Waals surface area contributed by atoms with E-state index in [1.165, 1.54) is 0 Å². The molecule has 2 atom stereocenters. The maximum Gasteiger partial charge on any atom is 0.123 e. The highest BCUT2D eigenvalue weighted by molar-refractivity contribution is 5.42. The van der Waals surface area contributed by atoms with Crippen LogP contribution in [-0.4, -0.2) is 14.2 Å². The molecule has 20 heavy (non-hydrogen) atoms. The summed E-state index contributed by atoms with van der Waals surface area (Å²) in [6.45, 7) is 4.21. The third kappa shape index (κ3) is 3.14. The van der Waals surface area contributed by atoms with E-state index in [4.69, 9.17) is 13.9 Å². The van der Waals surface area contributed by atoms with Crippen LogP contribution in [0, 0.1) is 0 Å². The van der Waals surface area contributed by atoms with Crippen molar-refractivity contribution in [2.75, 3.05) is 14.2 Å². The average molecular weight is 275 g/mol. The maximum atomic E-state index is 5.42. The van der Waals surface area contributed by atoms with E-state index >= 15 is 0 Å². The molecule has 0 spiro atoms. The van der Waals surface area contributed by atoms with Gasteiger partial charge in [-0.1, -0.05) is 0 Å². The molecular weight excluding hydrogens is 254 g/mol. The minimum absolute atomic E-state index is 0.130. The Bertz CT molecular complexity index is 537. The molecule has 1 aromatic heterocycles. The molecule has 0 radical (unpaired) electrons. The van der Waals surface area contributed by atoms with Gasteiger partial charge in [0.15, 0.2) is 0 Å². The van der Waals surface area contributed by atoms with Gasteiger partial charge in [0, 0.05) is 23.2 Å². The lowest BCUT2D eigenvalue weighted by molar-refractivity contribution is 0.387. The molecule has 2 unspecified atom stereocenters. The van der Waals surface area contributed by atoms with Crippen LogP contribution in [-0.2, 0) is 0 Å². The van der Waals surface area contributed by atoms with Gasteiger partial charge in [0.1, 0.15) is 11.5 Å². The molecule has 2 rings (SSSR count). The van der Waals surface area contributed by atoms with Gasteiger partial charge in [0.2, 0.25) is 0 Å². The first-order valence-corrected chi connectivity index (χ1v) is 6.65. The summed E-state index contributed by atoms with van der Waals surface area (Å²) in [6, 6.07) is 8.11. The minimum Gasteiger partial charge on any atom is -0.497 e. The van der Waals surface area contributed by atoms with Gasteiger partial charge >= 0.3 is 0 Å². The van der Waals surface area contributed by atoms with Crippen molar-refractivity contribution in [3.05, 3.63) is 47.9 Å². The highest BCUT2D eigenvalue weighted by atomic mass is 16.5. The summed E-state index contributed by atoms with van der Waals surface area (Å²) in [7, 11) is 3.34. The van der Waals surface area contributed by atoms with Crippen LogP contribution < -0.4 is 14.8 Å². The molecule has 4 nitrogen and oxygen atoms in total. The molecule has 0 bridgehead atoms. The zero-order valence-electron chi connectivity index (χ0n) is 12.3. The highest BCUT2D eigenvalue weighted by Crippen LogP contribution is 2.30. The summed E-state index contributed by atoms with van der Waals surface area (Å²) in [5.41, 5.74) is 2.20. The molecule has 0 amide bonds. The van der Waals surface area contributed by atoms with Crippen molar-refractivity contribution < 1.29 is 13.9 Å². The van der Waals surface area contributed by atoms with Crippen molar-refractivity contribution in [2.24, 2.45) is 0 Å². The fraction of sp³-hybridized carbons (Fsp3) is 0.375. The zero-order chi connectivity index (χ0) is 14.5. The van der Waals surface area contributed by atoms with Crippen LogP contribution in [0.3, 0.4) is 0 Å². The van der Waals surface area contributed by atoms with Gasteiger partial charge in [-0.25, -0.2) is 0 Å². The van der Waals surface area contributed by atoms with Crippen molar-refractivity contribution >= 4 is 0 Å². The van der Waals surface area contributed by atoms with Crippen LogP contribution in [0.15, 0.2) is 41.2 Å². The van der Waals surface area contributed by atoms with Gasteiger partial charge < -0.3 is 19.2 Å². The number of ether oxygens (including phenoxy) is 2. The predicted molar refractivity (Wildman–Crippen MR) is 78.2 cm³/mol. The third-order valence-corrected chi connectivity index (χ3v) is 3.45. The fourth-order valence-electron chi connectivity index (χ4n) is 2.26. The summed E-state index contributed by atoms with van der Waals surface area (Å²) >= 11 is 0. The number of benzene rings is 1. The zero-order valence-corrected chi connectivity index (χ0v) is 12.3. The maximum absolute atomic E-state index is 5.42. The van der Waals surface area contributed by atoms with E-state index in [-0.39, 0.29) is 12.1 Å². The summed E-state index contributed by atoms with van der Waals surface area (Å²) in [5.74, 6) is 1.68. The number of nitrogens with one attached hydrogen (secondary N) is 1. The summed E-state index contributed by atoms with van der Waals surface area (Å²) < 4.78 is 15.8. The molecule has 1 aromatic carbocycles. The second-order valence-electron chi connectivity index (χ2n) is 4.77. The molecule has 1 heterocycles. The number of hydrogen-bond acceptors (Lipinski definition) is 4. The monoisotopic (exact) mass is 275 g/mol. The molecule has 0 fully saturated rings. The Morgan fingerprint density at radius 2 is 1.85 bits per heavy atom. The first-order chi connectivity index (χ1) is 9.65. The standard InChI is InChI=1S/C16H21NO3/c1-11(13-7-8-20-10-13)17-12(2)15-9-14(18-3)5-6-16(15)19-4/h5-12,17H,1-4H3. The molecule has 1 N–H and O–H groups in total. The molecule has 0 saturated heterocycles. The average Bonchev–Trinajstić information content (AvgIpc) is 3.00. The molecular formula is C16H21NO3. The van der Waals surface area contributed by atoms with Crippen molar-refractivity contribution in [2.45, 2.75) is 25.9 Å². The second-order valence-corrected chi connectivity index (χ2v) is 4.77. The van der Waals surface area contributed by atoms with Gasteiger partial charge in [-0.3, -0.25) is 0 Å². The lowest BCUT2D eigenvalue weighted by atomic mass is 10.0. The Balaban J connectivity index is 2.17. The number of methoxy groups -OCH3 is 2. The normalized spacial score (nSPS) is 13.8. The molecule has 2 aromatic rings. The van der Waals surface area contributed by atoms with Gasteiger partial charge in [-0.05, 0) is 38.1 Å². The Labute approximate surface area is 119 Å². The fourth-order valence-corrected chi connectivity index (χ4v) is 2.26.